The van der Waals surface area contributed by atoms with Crippen LogP contribution in [-0.2, 0) is 32.8 Å². The van der Waals surface area contributed by atoms with Crippen LogP contribution in [0.2, 0.25) is 0 Å². The molecule has 4 heterocycles. The summed E-state index contributed by atoms with van der Waals surface area (Å²) in [5, 5.41) is 3.79. The van der Waals surface area contributed by atoms with Gasteiger partial charge in [-0.1, -0.05) is 0 Å². The Labute approximate surface area is 249 Å². The highest BCUT2D eigenvalue weighted by molar-refractivity contribution is 7.93. The first kappa shape index (κ1) is 31.1. The number of hydrogen-bond acceptors (Lipinski definition) is 7. The van der Waals surface area contributed by atoms with Gasteiger partial charge in [0.15, 0.2) is 0 Å². The maximum atomic E-state index is 13.4. The summed E-state index contributed by atoms with van der Waals surface area (Å²) >= 11 is 4.18. The fraction of sp³-hybridized carbons (Fsp3) is 0.667. The zero-order valence-corrected chi connectivity index (χ0v) is 25.4. The molecule has 42 heavy (non-hydrogen) atoms. The lowest BCUT2D eigenvalue weighted by atomic mass is 10.1. The van der Waals surface area contributed by atoms with Crippen molar-refractivity contribution in [2.75, 3.05) is 32.7 Å². The number of nitrogens with zero attached hydrogens (tertiary/aromatic N) is 5. The van der Waals surface area contributed by atoms with Crippen molar-refractivity contribution in [1.29, 1.82) is 0 Å². The molecule has 15 heteroatoms. The van der Waals surface area contributed by atoms with E-state index in [2.05, 4.69) is 27.3 Å². The van der Waals surface area contributed by atoms with E-state index in [4.69, 9.17) is 0 Å². The number of piperidine rings is 1. The van der Waals surface area contributed by atoms with Gasteiger partial charge in [0.1, 0.15) is 11.7 Å². The van der Waals surface area contributed by atoms with Crippen LogP contribution in [0.3, 0.4) is 0 Å². The molecule has 1 N–H and O–H groups in total. The van der Waals surface area contributed by atoms with Gasteiger partial charge in [-0.15, -0.1) is 12.6 Å². The first-order chi connectivity index (χ1) is 19.7. The minimum Gasteiger partial charge on any atom is -0.334 e. The van der Waals surface area contributed by atoms with Gasteiger partial charge in [-0.25, -0.2) is 8.42 Å². The van der Waals surface area contributed by atoms with Gasteiger partial charge in [0.25, 0.3) is 0 Å². The monoisotopic (exact) mass is 630 g/mol. The second kappa shape index (κ2) is 11.6. The molecule has 4 fully saturated rings. The van der Waals surface area contributed by atoms with Gasteiger partial charge >= 0.3 is 6.18 Å². The minimum absolute atomic E-state index is 0.0383. The van der Waals surface area contributed by atoms with E-state index in [-0.39, 0.29) is 33.5 Å². The Morgan fingerprint density at radius 1 is 1.17 bits per heavy atom. The summed E-state index contributed by atoms with van der Waals surface area (Å²) in [5.41, 5.74) is -1.15. The van der Waals surface area contributed by atoms with Crippen molar-refractivity contribution >= 4 is 39.4 Å². The highest BCUT2D eigenvalue weighted by Gasteiger charge is 2.63. The molecule has 10 nitrogen and oxygen atoms in total. The van der Waals surface area contributed by atoms with Gasteiger partial charge in [-0.2, -0.15) is 23.0 Å². The molecular formula is C27H37F3N6O4S2. The number of allylic oxidation sites excluding steroid dienone is 3. The number of nitrogens with one attached hydrogen (secondary N) is 1. The van der Waals surface area contributed by atoms with E-state index < -0.39 is 33.8 Å². The average molecular weight is 631 g/mol. The third-order valence-corrected chi connectivity index (χ3v) is 10.9. The lowest BCUT2D eigenvalue weighted by Crippen LogP contribution is -2.55. The number of sulfonamides is 1. The number of carbonyl (C=O) groups excluding carboxylic acids is 2. The van der Waals surface area contributed by atoms with E-state index in [1.807, 2.05) is 4.90 Å². The van der Waals surface area contributed by atoms with Crippen LogP contribution < -0.4 is 4.72 Å². The SMILES string of the molecule is C/C(=C\C=C(/S)c1cc(C(F)(F)F)n(C)n1)S(=O)(=O)N[C@H]1CCCN(CC(=O)N2CCCC23C[C@@H]3N2CCCC2)C1=O. The normalized spacial score (nSPS) is 27.9. The summed E-state index contributed by atoms with van der Waals surface area (Å²) in [4.78, 5) is 32.5. The summed E-state index contributed by atoms with van der Waals surface area (Å²) in [5.74, 6) is -0.526. The summed E-state index contributed by atoms with van der Waals surface area (Å²) in [6, 6.07) is 0.203. The Hall–Kier alpha value is -2.36. The van der Waals surface area contributed by atoms with Crippen LogP contribution in [0.5, 0.6) is 0 Å². The average Bonchev–Trinajstić information content (AvgIpc) is 3.33. The molecule has 0 bridgehead atoms. The zero-order valence-electron chi connectivity index (χ0n) is 23.7. The van der Waals surface area contributed by atoms with Gasteiger partial charge in [-0.05, 0) is 83.2 Å². The maximum absolute atomic E-state index is 13.4. The van der Waals surface area contributed by atoms with Crippen molar-refractivity contribution in [3.8, 4) is 0 Å². The molecule has 4 aliphatic rings. The van der Waals surface area contributed by atoms with Crippen LogP contribution in [0, 0.1) is 0 Å². The molecule has 2 amide bonds. The highest BCUT2D eigenvalue weighted by atomic mass is 32.2. The number of halogens is 3. The number of rotatable bonds is 8. The molecule has 1 spiro atoms. The molecule has 3 aliphatic heterocycles. The summed E-state index contributed by atoms with van der Waals surface area (Å²) in [6.45, 7) is 4.44. The fourth-order valence-corrected chi connectivity index (χ4v) is 7.81. The zero-order chi connectivity index (χ0) is 30.4. The number of hydrogen-bond donors (Lipinski definition) is 2. The van der Waals surface area contributed by atoms with Crippen LogP contribution in [-0.4, -0.2) is 95.1 Å². The lowest BCUT2D eigenvalue weighted by molar-refractivity contribution is -0.144. The smallest absolute Gasteiger partial charge is 0.334 e. The van der Waals surface area contributed by atoms with E-state index in [0.717, 1.165) is 45.5 Å². The molecule has 1 saturated carbocycles. The van der Waals surface area contributed by atoms with Crippen LogP contribution >= 0.6 is 12.6 Å². The number of thiol groups is 1. The lowest BCUT2D eigenvalue weighted by Gasteiger charge is -2.35. The number of alkyl halides is 3. The first-order valence-corrected chi connectivity index (χ1v) is 16.2. The van der Waals surface area contributed by atoms with Gasteiger partial charge in [0.05, 0.1) is 22.7 Å². The summed E-state index contributed by atoms with van der Waals surface area (Å²) in [6.07, 6.45) is 3.96. The minimum atomic E-state index is -4.60. The van der Waals surface area contributed by atoms with Crippen molar-refractivity contribution in [2.45, 2.75) is 75.7 Å². The fourth-order valence-electron chi connectivity index (χ4n) is 6.60. The second-order valence-corrected chi connectivity index (χ2v) is 14.0. The van der Waals surface area contributed by atoms with Gasteiger partial charge in [0.2, 0.25) is 21.8 Å². The predicted octanol–water partition coefficient (Wildman–Crippen LogP) is 2.75. The van der Waals surface area contributed by atoms with Crippen LogP contribution in [0.1, 0.15) is 63.3 Å². The van der Waals surface area contributed by atoms with Crippen molar-refractivity contribution in [3.63, 3.8) is 0 Å². The van der Waals surface area contributed by atoms with E-state index in [9.17, 15) is 31.2 Å². The van der Waals surface area contributed by atoms with E-state index >= 15 is 0 Å². The molecule has 5 rings (SSSR count). The molecular weight excluding hydrogens is 593 g/mol. The molecule has 3 atom stereocenters. The number of likely N-dealkylation sites (tertiary alicyclic amines) is 3. The van der Waals surface area contributed by atoms with E-state index in [0.29, 0.717) is 36.7 Å². The number of aromatic nitrogens is 2. The Balaban J connectivity index is 1.20. The second-order valence-electron chi connectivity index (χ2n) is 11.7. The van der Waals surface area contributed by atoms with E-state index in [1.165, 1.54) is 36.8 Å². The number of carbonyl (C=O) groups is 2. The predicted molar refractivity (Wildman–Crippen MR) is 153 cm³/mol. The topological polar surface area (TPSA) is 108 Å². The van der Waals surface area contributed by atoms with Crippen molar-refractivity contribution < 1.29 is 31.2 Å². The third-order valence-electron chi connectivity index (χ3n) is 8.91. The summed E-state index contributed by atoms with van der Waals surface area (Å²) in [7, 11) is -2.96. The van der Waals surface area contributed by atoms with Crippen molar-refractivity contribution in [2.24, 2.45) is 7.05 Å². The maximum Gasteiger partial charge on any atom is 0.433 e. The first-order valence-electron chi connectivity index (χ1n) is 14.3. The molecule has 1 unspecified atom stereocenters. The van der Waals surface area contributed by atoms with Crippen LogP contribution in [0.15, 0.2) is 23.1 Å². The third kappa shape index (κ3) is 6.15. The molecule has 0 radical (unpaired) electrons. The molecule has 1 aliphatic carbocycles. The molecule has 0 aromatic carbocycles. The van der Waals surface area contributed by atoms with E-state index in [1.54, 1.807) is 0 Å². The van der Waals surface area contributed by atoms with Crippen molar-refractivity contribution in [3.05, 3.63) is 34.5 Å². The Bertz CT molecular complexity index is 1400. The number of amides is 2. The quantitative estimate of drug-likeness (QED) is 0.338. The largest absolute Gasteiger partial charge is 0.433 e. The van der Waals surface area contributed by atoms with Gasteiger partial charge in [0, 0.05) is 31.1 Å². The Morgan fingerprint density at radius 3 is 2.55 bits per heavy atom. The van der Waals surface area contributed by atoms with Gasteiger partial charge in [-0.3, -0.25) is 19.2 Å². The Kier molecular flexibility index (Phi) is 8.60. The van der Waals surface area contributed by atoms with Crippen LogP contribution in [0.25, 0.3) is 4.91 Å². The highest BCUT2D eigenvalue weighted by Crippen LogP contribution is 2.53. The molecule has 1 aromatic heterocycles. The molecule has 1 aromatic rings. The molecule has 3 saturated heterocycles. The van der Waals surface area contributed by atoms with Crippen LogP contribution in [0.4, 0.5) is 13.2 Å². The number of aryl methyl sites for hydroxylation is 1. The molecule has 232 valence electrons. The van der Waals surface area contributed by atoms with Crippen molar-refractivity contribution in [1.82, 2.24) is 29.2 Å². The Morgan fingerprint density at radius 2 is 1.88 bits per heavy atom. The summed E-state index contributed by atoms with van der Waals surface area (Å²) < 4.78 is 68.4. The van der Waals surface area contributed by atoms with Gasteiger partial charge < -0.3 is 9.80 Å². The standard InChI is InChI=1S/C27H37F3N6O4S2/c1-18(8-9-21(41)20-15-22(27(28,29)30)33(2)31-20)42(39,40)32-19-7-5-13-35(25(19)38)17-24(37)36-14-6-10-26(36)16-23(26)34-11-3-4-12-34/h8-9,15,19,23,32,41H,3-7,10-14,16-17H2,1-2H3/b18-8+,21-9-/t19-,23-,26?/m0/s1.